The van der Waals surface area contributed by atoms with E-state index in [9.17, 15) is 20.0 Å². The fourth-order valence-corrected chi connectivity index (χ4v) is 7.32. The molecule has 8 atom stereocenters. The summed E-state index contributed by atoms with van der Waals surface area (Å²) in [6.45, 7) is 9.66. The van der Waals surface area contributed by atoms with Crippen molar-refractivity contribution in [2.75, 3.05) is 0 Å². The van der Waals surface area contributed by atoms with Crippen molar-refractivity contribution in [3.05, 3.63) is 23.8 Å². The van der Waals surface area contributed by atoms with E-state index in [4.69, 9.17) is 14.4 Å². The summed E-state index contributed by atoms with van der Waals surface area (Å²) in [7, 11) is 0. The van der Waals surface area contributed by atoms with Crippen LogP contribution in [0.4, 0.5) is 0 Å². The molecular weight excluding hydrogens is 412 g/mol. The largest absolute Gasteiger partial charge is 0.461 e. The van der Waals surface area contributed by atoms with Crippen LogP contribution in [0.25, 0.3) is 0 Å². The molecule has 0 bridgehead atoms. The van der Waals surface area contributed by atoms with Crippen LogP contribution in [0.3, 0.4) is 0 Å². The lowest BCUT2D eigenvalue weighted by Gasteiger charge is -2.59. The molecule has 32 heavy (non-hydrogen) atoms. The average Bonchev–Trinajstić information content (AvgIpc) is 3.14. The summed E-state index contributed by atoms with van der Waals surface area (Å²) in [4.78, 5) is 29.1. The molecule has 4 rings (SSSR count). The Bertz CT molecular complexity index is 860. The van der Waals surface area contributed by atoms with Gasteiger partial charge in [0.05, 0.1) is 11.0 Å². The first-order valence-corrected chi connectivity index (χ1v) is 11.7. The Hall–Kier alpha value is -1.70. The van der Waals surface area contributed by atoms with Gasteiger partial charge >= 0.3 is 11.9 Å². The maximum absolute atomic E-state index is 12.8. The zero-order chi connectivity index (χ0) is 23.5. The number of ether oxygens (including phenoxy) is 2. The molecule has 178 valence electrons. The van der Waals surface area contributed by atoms with Gasteiger partial charge in [-0.1, -0.05) is 13.3 Å². The van der Waals surface area contributed by atoms with E-state index in [-0.39, 0.29) is 35.3 Å². The summed E-state index contributed by atoms with van der Waals surface area (Å²) < 4.78 is 11.0. The van der Waals surface area contributed by atoms with Crippen LogP contribution in [0.1, 0.15) is 73.1 Å². The van der Waals surface area contributed by atoms with Gasteiger partial charge in [-0.2, -0.15) is 0 Å². The van der Waals surface area contributed by atoms with Gasteiger partial charge in [-0.3, -0.25) is 10.1 Å². The molecule has 0 amide bonds. The van der Waals surface area contributed by atoms with Crippen LogP contribution in [-0.4, -0.2) is 45.7 Å². The predicted octanol–water partition coefficient (Wildman–Crippen LogP) is 3.95. The van der Waals surface area contributed by atoms with Gasteiger partial charge < -0.3 is 14.6 Å². The quantitative estimate of drug-likeness (QED) is 0.274. The lowest BCUT2D eigenvalue weighted by Crippen LogP contribution is -2.61. The second kappa shape index (κ2) is 7.67. The highest BCUT2D eigenvalue weighted by atomic mass is 17.1. The lowest BCUT2D eigenvalue weighted by atomic mass is 9.44. The molecule has 2 saturated carbocycles. The van der Waals surface area contributed by atoms with E-state index in [1.807, 2.05) is 20.8 Å². The van der Waals surface area contributed by atoms with Crippen LogP contribution in [0, 0.1) is 22.7 Å². The second-order valence-corrected chi connectivity index (χ2v) is 11.4. The molecule has 4 aliphatic rings. The molecule has 0 spiro atoms. The molecule has 0 aromatic heterocycles. The summed E-state index contributed by atoms with van der Waals surface area (Å²) in [5, 5.41) is 21.2. The third-order valence-electron chi connectivity index (χ3n) is 8.87. The molecule has 2 heterocycles. The average molecular weight is 449 g/mol. The van der Waals surface area contributed by atoms with Crippen LogP contribution in [0.2, 0.25) is 0 Å². The second-order valence-electron chi connectivity index (χ2n) is 11.4. The Balaban J connectivity index is 1.55. The standard InChI is InChI=1S/C25H36O7/c1-15-13-19(26)30-16(15)7-11-22(2,32-29)12-8-18-23(3)9-6-10-24(4)20(23)17(31-21(24)27)14-25(18,5)28/h7,11,13,16-18,20,28-29H,6,8-10,12,14H2,1-5H3/b11-7+/t16-,17-,18+,20+,22-,23+,24+,25+/m0/s1. The van der Waals surface area contributed by atoms with E-state index in [1.54, 1.807) is 19.1 Å². The smallest absolute Gasteiger partial charge is 0.331 e. The zero-order valence-corrected chi connectivity index (χ0v) is 19.7. The van der Waals surface area contributed by atoms with E-state index >= 15 is 0 Å². The molecular formula is C25H36O7. The van der Waals surface area contributed by atoms with Crippen molar-refractivity contribution in [3.63, 3.8) is 0 Å². The van der Waals surface area contributed by atoms with Crippen molar-refractivity contribution in [2.24, 2.45) is 22.7 Å². The van der Waals surface area contributed by atoms with Crippen molar-refractivity contribution in [1.29, 1.82) is 0 Å². The Morgan fingerprint density at radius 2 is 1.97 bits per heavy atom. The van der Waals surface area contributed by atoms with Gasteiger partial charge in [0.2, 0.25) is 0 Å². The number of carbonyl (C=O) groups excluding carboxylic acids is 2. The Labute approximate surface area is 189 Å². The minimum absolute atomic E-state index is 0.0732. The van der Waals surface area contributed by atoms with E-state index in [0.717, 1.165) is 24.8 Å². The first-order valence-electron chi connectivity index (χ1n) is 11.7. The molecule has 0 aromatic carbocycles. The highest BCUT2D eigenvalue weighted by molar-refractivity contribution is 5.86. The van der Waals surface area contributed by atoms with Crippen LogP contribution in [0.15, 0.2) is 23.8 Å². The van der Waals surface area contributed by atoms with E-state index in [0.29, 0.717) is 19.3 Å². The maximum Gasteiger partial charge on any atom is 0.331 e. The monoisotopic (exact) mass is 448 g/mol. The van der Waals surface area contributed by atoms with Crippen molar-refractivity contribution in [2.45, 2.75) is 96.6 Å². The Morgan fingerprint density at radius 3 is 2.59 bits per heavy atom. The third-order valence-corrected chi connectivity index (χ3v) is 8.87. The Kier molecular flexibility index (Phi) is 5.63. The van der Waals surface area contributed by atoms with Crippen LogP contribution >= 0.6 is 0 Å². The van der Waals surface area contributed by atoms with Crippen molar-refractivity contribution in [1.82, 2.24) is 0 Å². The number of aliphatic hydroxyl groups is 1. The summed E-state index contributed by atoms with van der Waals surface area (Å²) in [6.07, 6.45) is 8.35. The first kappa shape index (κ1) is 23.5. The molecule has 2 aliphatic carbocycles. The van der Waals surface area contributed by atoms with Crippen molar-refractivity contribution >= 4 is 11.9 Å². The molecule has 2 N–H and O–H groups in total. The molecule has 0 unspecified atom stereocenters. The van der Waals surface area contributed by atoms with E-state index in [1.165, 1.54) is 6.08 Å². The number of hydrogen-bond donors (Lipinski definition) is 2. The summed E-state index contributed by atoms with van der Waals surface area (Å²) in [6, 6.07) is 0. The normalized spacial score (nSPS) is 45.3. The van der Waals surface area contributed by atoms with E-state index in [2.05, 4.69) is 6.92 Å². The molecule has 3 fully saturated rings. The predicted molar refractivity (Wildman–Crippen MR) is 116 cm³/mol. The van der Waals surface area contributed by atoms with Crippen LogP contribution in [0.5, 0.6) is 0 Å². The Morgan fingerprint density at radius 1 is 1.25 bits per heavy atom. The number of hydrogen-bond acceptors (Lipinski definition) is 7. The fraction of sp³-hybridized carbons (Fsp3) is 0.760. The van der Waals surface area contributed by atoms with Gasteiger partial charge in [0, 0.05) is 18.4 Å². The molecule has 0 aromatic rings. The van der Waals surface area contributed by atoms with Crippen molar-refractivity contribution < 1.29 is 34.3 Å². The fourth-order valence-electron chi connectivity index (χ4n) is 7.32. The lowest BCUT2D eigenvalue weighted by molar-refractivity contribution is -0.306. The molecule has 1 saturated heterocycles. The first-order chi connectivity index (χ1) is 14.8. The van der Waals surface area contributed by atoms with Gasteiger partial charge in [0.25, 0.3) is 0 Å². The number of cyclic esters (lactones) is 1. The van der Waals surface area contributed by atoms with Gasteiger partial charge in [-0.15, -0.1) is 0 Å². The SMILES string of the molecule is CC1=CC(=O)O[C@H]1/C=C/[C@@](C)(CC[C@@H]1[C@@]2(C)CCC[C@@]3(C)C(=O)O[C@@H](C[C@@]1(C)O)[C@H]23)OO. The molecule has 7 nitrogen and oxygen atoms in total. The summed E-state index contributed by atoms with van der Waals surface area (Å²) >= 11 is 0. The number of carbonyl (C=O) groups is 2. The highest BCUT2D eigenvalue weighted by Crippen LogP contribution is 2.66. The zero-order valence-electron chi connectivity index (χ0n) is 19.7. The summed E-state index contributed by atoms with van der Waals surface area (Å²) in [5.41, 5.74) is -1.96. The van der Waals surface area contributed by atoms with Gasteiger partial charge in [-0.25, -0.2) is 9.68 Å². The van der Waals surface area contributed by atoms with Crippen molar-refractivity contribution in [3.8, 4) is 0 Å². The number of esters is 2. The minimum Gasteiger partial charge on any atom is -0.461 e. The van der Waals surface area contributed by atoms with Crippen LogP contribution < -0.4 is 0 Å². The minimum atomic E-state index is -1.00. The van der Waals surface area contributed by atoms with E-state index < -0.39 is 22.7 Å². The molecule has 7 heteroatoms. The highest BCUT2D eigenvalue weighted by Gasteiger charge is 2.69. The van der Waals surface area contributed by atoms with Gasteiger partial charge in [0.1, 0.15) is 17.8 Å². The van der Waals surface area contributed by atoms with Gasteiger partial charge in [0.15, 0.2) is 0 Å². The maximum atomic E-state index is 12.8. The van der Waals surface area contributed by atoms with Crippen LogP contribution in [-0.2, 0) is 24.0 Å². The number of rotatable bonds is 6. The topological polar surface area (TPSA) is 102 Å². The molecule has 2 aliphatic heterocycles. The molecule has 0 radical (unpaired) electrons. The third kappa shape index (κ3) is 3.62. The summed E-state index contributed by atoms with van der Waals surface area (Å²) in [5.74, 6) is -0.516. The van der Waals surface area contributed by atoms with Gasteiger partial charge in [-0.05, 0) is 82.4 Å².